The van der Waals surface area contributed by atoms with Crippen LogP contribution in [-0.4, -0.2) is 12.6 Å². The van der Waals surface area contributed by atoms with Gasteiger partial charge in [-0.3, -0.25) is 4.79 Å². The van der Waals surface area contributed by atoms with E-state index in [2.05, 4.69) is 24.8 Å². The molecule has 0 amide bonds. The first-order valence-corrected chi connectivity index (χ1v) is 7.15. The van der Waals surface area contributed by atoms with Crippen molar-refractivity contribution in [2.75, 3.05) is 6.61 Å². The first kappa shape index (κ1) is 17.5. The third kappa shape index (κ3) is 7.52. The second kappa shape index (κ2) is 10.4. The normalized spacial score (nSPS) is 12.7. The number of nitrogens with zero attached hydrogens (tertiary/aromatic N) is 1. The van der Waals surface area contributed by atoms with Crippen molar-refractivity contribution in [1.82, 2.24) is 0 Å². The van der Waals surface area contributed by atoms with Gasteiger partial charge in [0.15, 0.2) is 0 Å². The molecule has 0 aliphatic heterocycles. The fourth-order valence-corrected chi connectivity index (χ4v) is 1.71. The molecule has 19 heavy (non-hydrogen) atoms. The molecular formula is C16H25NO2. The van der Waals surface area contributed by atoms with Crippen molar-refractivity contribution in [3.63, 3.8) is 0 Å². The Balaban J connectivity index is 4.46. The van der Waals surface area contributed by atoms with Gasteiger partial charge in [-0.05, 0) is 26.7 Å². The molecule has 0 aromatic heterocycles. The van der Waals surface area contributed by atoms with Crippen LogP contribution in [0, 0.1) is 28.6 Å². The first-order valence-electron chi connectivity index (χ1n) is 7.15. The van der Waals surface area contributed by atoms with Crippen LogP contribution in [0.1, 0.15) is 65.7 Å². The number of ether oxygens (including phenoxy) is 1. The summed E-state index contributed by atoms with van der Waals surface area (Å²) >= 11 is 0. The number of carbonyl (C=O) groups is 1. The van der Waals surface area contributed by atoms with Crippen LogP contribution in [0.15, 0.2) is 0 Å². The molecule has 0 rings (SSSR count). The molecule has 0 bridgehead atoms. The van der Waals surface area contributed by atoms with E-state index in [1.165, 1.54) is 19.3 Å². The van der Waals surface area contributed by atoms with Gasteiger partial charge in [0.25, 0.3) is 0 Å². The van der Waals surface area contributed by atoms with E-state index in [1.54, 1.807) is 13.8 Å². The quantitative estimate of drug-likeness (QED) is 0.380. The largest absolute Gasteiger partial charge is 0.465 e. The van der Waals surface area contributed by atoms with Crippen LogP contribution in [0.4, 0.5) is 0 Å². The molecule has 0 heterocycles. The van der Waals surface area contributed by atoms with Crippen LogP contribution in [0.3, 0.4) is 0 Å². The van der Waals surface area contributed by atoms with Gasteiger partial charge in [-0.25, -0.2) is 0 Å². The minimum absolute atomic E-state index is 0.314. The van der Waals surface area contributed by atoms with Gasteiger partial charge in [0.1, 0.15) is 5.41 Å². The lowest BCUT2D eigenvalue weighted by Crippen LogP contribution is -2.28. The average molecular weight is 263 g/mol. The van der Waals surface area contributed by atoms with E-state index in [4.69, 9.17) is 10.00 Å². The molecule has 3 heteroatoms. The van der Waals surface area contributed by atoms with Crippen LogP contribution in [0.2, 0.25) is 0 Å². The standard InChI is InChI=1S/C16H25NO2/c1-4-6-7-8-9-10-12-16(3,13-11-14-17)15(18)19-5-2/h4-9,11,13H2,1-3H3. The van der Waals surface area contributed by atoms with Crippen molar-refractivity contribution >= 4 is 5.97 Å². The van der Waals surface area contributed by atoms with Crippen LogP contribution in [0.5, 0.6) is 0 Å². The molecule has 0 radical (unpaired) electrons. The van der Waals surface area contributed by atoms with E-state index in [0.717, 1.165) is 12.8 Å². The van der Waals surface area contributed by atoms with Gasteiger partial charge in [-0.15, -0.1) is 5.92 Å². The van der Waals surface area contributed by atoms with E-state index < -0.39 is 5.41 Å². The summed E-state index contributed by atoms with van der Waals surface area (Å²) in [6, 6.07) is 2.06. The fraction of sp³-hybridized carbons (Fsp3) is 0.750. The zero-order valence-electron chi connectivity index (χ0n) is 12.4. The predicted molar refractivity (Wildman–Crippen MR) is 76.1 cm³/mol. The molecule has 0 spiro atoms. The lowest BCUT2D eigenvalue weighted by atomic mass is 9.86. The van der Waals surface area contributed by atoms with Crippen LogP contribution in [0.25, 0.3) is 0 Å². The summed E-state index contributed by atoms with van der Waals surface area (Å²) in [6.45, 7) is 6.06. The van der Waals surface area contributed by atoms with Gasteiger partial charge in [0.2, 0.25) is 0 Å². The van der Waals surface area contributed by atoms with E-state index in [9.17, 15) is 4.79 Å². The van der Waals surface area contributed by atoms with Gasteiger partial charge in [0.05, 0.1) is 12.7 Å². The van der Waals surface area contributed by atoms with Crippen molar-refractivity contribution in [3.05, 3.63) is 0 Å². The SMILES string of the molecule is CCCCCCC#CC(C)(CCC#N)C(=O)OCC. The summed E-state index contributed by atoms with van der Waals surface area (Å²) in [6.07, 6.45) is 6.24. The summed E-state index contributed by atoms with van der Waals surface area (Å²) in [4.78, 5) is 11.9. The highest BCUT2D eigenvalue weighted by molar-refractivity contribution is 5.80. The van der Waals surface area contributed by atoms with Crippen molar-refractivity contribution in [2.24, 2.45) is 5.41 Å². The van der Waals surface area contributed by atoms with Gasteiger partial charge in [-0.2, -0.15) is 5.26 Å². The third-order valence-electron chi connectivity index (χ3n) is 2.98. The summed E-state index contributed by atoms with van der Waals surface area (Å²) in [5.74, 6) is 5.78. The maximum absolute atomic E-state index is 11.9. The zero-order valence-corrected chi connectivity index (χ0v) is 12.4. The molecule has 1 atom stereocenters. The monoisotopic (exact) mass is 263 g/mol. The summed E-state index contributed by atoms with van der Waals surface area (Å²) in [5.41, 5.74) is -0.837. The predicted octanol–water partition coefficient (Wildman–Crippen LogP) is 3.83. The molecular weight excluding hydrogens is 238 g/mol. The van der Waals surface area contributed by atoms with Crippen LogP contribution < -0.4 is 0 Å². The maximum Gasteiger partial charge on any atom is 0.324 e. The maximum atomic E-state index is 11.9. The van der Waals surface area contributed by atoms with Crippen LogP contribution in [-0.2, 0) is 9.53 Å². The number of hydrogen-bond donors (Lipinski definition) is 0. The molecule has 0 aliphatic rings. The van der Waals surface area contributed by atoms with Crippen molar-refractivity contribution in [1.29, 1.82) is 5.26 Å². The average Bonchev–Trinajstić information content (AvgIpc) is 2.40. The third-order valence-corrected chi connectivity index (χ3v) is 2.98. The lowest BCUT2D eigenvalue weighted by molar-refractivity contribution is -0.151. The Morgan fingerprint density at radius 1 is 1.21 bits per heavy atom. The van der Waals surface area contributed by atoms with E-state index in [-0.39, 0.29) is 5.97 Å². The van der Waals surface area contributed by atoms with Crippen molar-refractivity contribution in [2.45, 2.75) is 65.7 Å². The number of esters is 1. The molecule has 0 aliphatic carbocycles. The molecule has 0 aromatic carbocycles. The minimum atomic E-state index is -0.837. The molecule has 0 fully saturated rings. The number of carbonyl (C=O) groups excluding carboxylic acids is 1. The summed E-state index contributed by atoms with van der Waals surface area (Å²) in [7, 11) is 0. The fourth-order valence-electron chi connectivity index (χ4n) is 1.71. The molecule has 106 valence electrons. The molecule has 0 N–H and O–H groups in total. The van der Waals surface area contributed by atoms with Gasteiger partial charge in [0, 0.05) is 12.8 Å². The Hall–Kier alpha value is -1.48. The van der Waals surface area contributed by atoms with Gasteiger partial charge >= 0.3 is 5.97 Å². The van der Waals surface area contributed by atoms with E-state index >= 15 is 0 Å². The highest BCUT2D eigenvalue weighted by Gasteiger charge is 2.32. The lowest BCUT2D eigenvalue weighted by Gasteiger charge is -2.19. The number of unbranched alkanes of at least 4 members (excludes halogenated alkanes) is 4. The van der Waals surface area contributed by atoms with Crippen LogP contribution >= 0.6 is 0 Å². The Bertz CT molecular complexity index is 359. The zero-order chi connectivity index (χ0) is 14.6. The molecule has 1 unspecified atom stereocenters. The first-order chi connectivity index (χ1) is 9.10. The second-order valence-electron chi connectivity index (χ2n) is 4.82. The van der Waals surface area contributed by atoms with Crippen molar-refractivity contribution in [3.8, 4) is 17.9 Å². The highest BCUT2D eigenvalue weighted by Crippen LogP contribution is 2.24. The van der Waals surface area contributed by atoms with Gasteiger partial charge < -0.3 is 4.74 Å². The van der Waals surface area contributed by atoms with Crippen molar-refractivity contribution < 1.29 is 9.53 Å². The number of hydrogen-bond acceptors (Lipinski definition) is 3. The summed E-state index contributed by atoms with van der Waals surface area (Å²) in [5, 5.41) is 8.66. The molecule has 0 saturated heterocycles. The highest BCUT2D eigenvalue weighted by atomic mass is 16.5. The van der Waals surface area contributed by atoms with E-state index in [0.29, 0.717) is 19.4 Å². The topological polar surface area (TPSA) is 50.1 Å². The summed E-state index contributed by atoms with van der Waals surface area (Å²) < 4.78 is 5.05. The Morgan fingerprint density at radius 3 is 2.53 bits per heavy atom. The number of nitriles is 1. The smallest absolute Gasteiger partial charge is 0.324 e. The number of rotatable bonds is 8. The Morgan fingerprint density at radius 2 is 1.95 bits per heavy atom. The van der Waals surface area contributed by atoms with E-state index in [1.807, 2.05) is 0 Å². The second-order valence-corrected chi connectivity index (χ2v) is 4.82. The molecule has 3 nitrogen and oxygen atoms in total. The molecule has 0 aromatic rings. The Labute approximate surface area is 117 Å². The molecule has 0 saturated carbocycles. The Kier molecular flexibility index (Phi) is 9.63. The van der Waals surface area contributed by atoms with Gasteiger partial charge in [-0.1, -0.05) is 32.1 Å². The minimum Gasteiger partial charge on any atom is -0.465 e.